The summed E-state index contributed by atoms with van der Waals surface area (Å²) in [6.45, 7) is 6.84. The fourth-order valence-corrected chi connectivity index (χ4v) is 4.35. The van der Waals surface area contributed by atoms with Crippen LogP contribution in [0.5, 0.6) is 0 Å². The lowest BCUT2D eigenvalue weighted by molar-refractivity contribution is -0.183. The molecule has 33 heavy (non-hydrogen) atoms. The van der Waals surface area contributed by atoms with Crippen LogP contribution in [0.15, 0.2) is 78.9 Å². The first-order valence-electron chi connectivity index (χ1n) is 11.9. The average molecular weight is 444 g/mol. The van der Waals surface area contributed by atoms with Crippen LogP contribution in [-0.4, -0.2) is 19.0 Å². The van der Waals surface area contributed by atoms with E-state index in [0.29, 0.717) is 19.6 Å². The second-order valence-electron chi connectivity index (χ2n) is 8.61. The zero-order valence-corrected chi connectivity index (χ0v) is 19.6. The van der Waals surface area contributed by atoms with Crippen LogP contribution in [0.1, 0.15) is 61.2 Å². The van der Waals surface area contributed by atoms with Gasteiger partial charge in [-0.05, 0) is 35.2 Å². The van der Waals surface area contributed by atoms with E-state index in [2.05, 4.69) is 71.6 Å². The highest BCUT2D eigenvalue weighted by Crippen LogP contribution is 2.35. The lowest BCUT2D eigenvalue weighted by Gasteiger charge is -2.31. The van der Waals surface area contributed by atoms with Crippen molar-refractivity contribution in [2.45, 2.75) is 52.0 Å². The maximum atomic E-state index is 12.8. The van der Waals surface area contributed by atoms with Crippen LogP contribution in [0, 0.1) is 0 Å². The molecule has 172 valence electrons. The Labute approximate surface area is 197 Å². The van der Waals surface area contributed by atoms with Gasteiger partial charge in [-0.25, -0.2) is 0 Å². The third-order valence-electron chi connectivity index (χ3n) is 6.22. The van der Waals surface area contributed by atoms with Gasteiger partial charge in [0.05, 0.1) is 13.2 Å². The highest BCUT2D eigenvalue weighted by molar-refractivity contribution is 5.87. The lowest BCUT2D eigenvalue weighted by Crippen LogP contribution is -2.25. The van der Waals surface area contributed by atoms with Crippen molar-refractivity contribution in [3.63, 3.8) is 0 Å². The Morgan fingerprint density at radius 1 is 0.909 bits per heavy atom. The normalized spacial score (nSPS) is 15.2. The maximum absolute atomic E-state index is 12.8. The van der Waals surface area contributed by atoms with Gasteiger partial charge in [0.25, 0.3) is 0 Å². The van der Waals surface area contributed by atoms with Crippen molar-refractivity contribution < 1.29 is 14.3 Å². The van der Waals surface area contributed by atoms with Gasteiger partial charge < -0.3 is 14.4 Å². The number of ketones is 1. The van der Waals surface area contributed by atoms with E-state index in [9.17, 15) is 4.79 Å². The predicted octanol–water partition coefficient (Wildman–Crippen LogP) is 6.41. The van der Waals surface area contributed by atoms with Gasteiger partial charge in [-0.15, -0.1) is 0 Å². The molecule has 1 saturated heterocycles. The molecule has 0 aromatic heterocycles. The molecule has 4 heteroatoms. The first-order chi connectivity index (χ1) is 16.2. The minimum Gasteiger partial charge on any atom is -0.363 e. The number of rotatable bonds is 9. The van der Waals surface area contributed by atoms with E-state index >= 15 is 0 Å². The Balaban J connectivity index is 1.75. The van der Waals surface area contributed by atoms with Crippen molar-refractivity contribution in [1.29, 1.82) is 0 Å². The van der Waals surface area contributed by atoms with Crippen LogP contribution in [0.4, 0.5) is 5.69 Å². The second-order valence-corrected chi connectivity index (χ2v) is 8.61. The number of anilines is 1. The molecule has 0 spiro atoms. The van der Waals surface area contributed by atoms with E-state index in [1.54, 1.807) is 0 Å². The van der Waals surface area contributed by atoms with E-state index in [1.165, 1.54) is 11.1 Å². The van der Waals surface area contributed by atoms with E-state index < -0.39 is 0 Å². The molecule has 0 radical (unpaired) electrons. The van der Waals surface area contributed by atoms with Crippen molar-refractivity contribution in [3.05, 3.63) is 101 Å². The third-order valence-corrected chi connectivity index (χ3v) is 6.22. The summed E-state index contributed by atoms with van der Waals surface area (Å²) in [4.78, 5) is 15.2. The van der Waals surface area contributed by atoms with Gasteiger partial charge in [-0.2, -0.15) is 0 Å². The van der Waals surface area contributed by atoms with Crippen LogP contribution in [0.3, 0.4) is 0 Å². The number of carbonyl (C=O) groups excluding carboxylic acids is 1. The number of ether oxygens (including phenoxy) is 2. The first-order valence-corrected chi connectivity index (χ1v) is 11.9. The fraction of sp³-hybridized carbons (Fsp3) is 0.345. The summed E-state index contributed by atoms with van der Waals surface area (Å²) in [7, 11) is 0. The summed E-state index contributed by atoms with van der Waals surface area (Å²) < 4.78 is 11.7. The number of hydrogen-bond acceptors (Lipinski definition) is 4. The standard InChI is InChI=1S/C29H33NO3/c1-3-28(31)22(2)26-19-25(29-32-17-10-18-33-29)15-16-27(26)30(20-23-11-6-4-7-12-23)21-24-13-8-5-9-14-24/h4-9,11-16,19,22,29H,3,10,17-18,20-21H2,1-2H3/t22-/m0/s1. The molecule has 0 saturated carbocycles. The van der Waals surface area contributed by atoms with Gasteiger partial charge >= 0.3 is 0 Å². The van der Waals surface area contributed by atoms with E-state index in [0.717, 1.165) is 36.3 Å². The molecule has 3 aromatic carbocycles. The number of Topliss-reactive ketones (excluding diaryl/α,β-unsaturated/α-hetero) is 1. The summed E-state index contributed by atoms with van der Waals surface area (Å²) in [5, 5.41) is 0. The van der Waals surface area contributed by atoms with Crippen LogP contribution < -0.4 is 4.90 Å². The highest BCUT2D eigenvalue weighted by Gasteiger charge is 2.24. The lowest BCUT2D eigenvalue weighted by atomic mass is 9.91. The quantitative estimate of drug-likeness (QED) is 0.383. The molecule has 1 aliphatic rings. The second kappa shape index (κ2) is 11.3. The molecule has 4 nitrogen and oxygen atoms in total. The van der Waals surface area contributed by atoms with Crippen molar-refractivity contribution in [1.82, 2.24) is 0 Å². The van der Waals surface area contributed by atoms with Crippen LogP contribution >= 0.6 is 0 Å². The minimum absolute atomic E-state index is 0.206. The van der Waals surface area contributed by atoms with Crippen molar-refractivity contribution in [2.75, 3.05) is 18.1 Å². The number of carbonyl (C=O) groups is 1. The monoisotopic (exact) mass is 443 g/mol. The zero-order valence-electron chi connectivity index (χ0n) is 19.6. The SMILES string of the molecule is CCC(=O)[C@@H](C)c1cc(C2OCCCO2)ccc1N(Cc1ccccc1)Cc1ccccc1. The van der Waals surface area contributed by atoms with Crippen LogP contribution in [0.2, 0.25) is 0 Å². The molecule has 0 amide bonds. The van der Waals surface area contributed by atoms with Gasteiger partial charge in [0.15, 0.2) is 6.29 Å². The predicted molar refractivity (Wildman–Crippen MR) is 132 cm³/mol. The molecular formula is C29H33NO3. The molecule has 0 bridgehead atoms. The molecule has 0 aliphatic carbocycles. The number of hydrogen-bond donors (Lipinski definition) is 0. The smallest absolute Gasteiger partial charge is 0.183 e. The van der Waals surface area contributed by atoms with Crippen molar-refractivity contribution in [2.24, 2.45) is 0 Å². The summed E-state index contributed by atoms with van der Waals surface area (Å²) in [5.41, 5.74) is 5.55. The van der Waals surface area contributed by atoms with Gasteiger partial charge in [0.1, 0.15) is 5.78 Å². The molecule has 3 aromatic rings. The largest absolute Gasteiger partial charge is 0.363 e. The third kappa shape index (κ3) is 5.89. The molecule has 1 fully saturated rings. The fourth-order valence-electron chi connectivity index (χ4n) is 4.35. The van der Waals surface area contributed by atoms with Crippen LogP contribution in [0.25, 0.3) is 0 Å². The summed E-state index contributed by atoms with van der Waals surface area (Å²) in [6.07, 6.45) is 1.05. The number of benzene rings is 3. The Morgan fingerprint density at radius 3 is 2.03 bits per heavy atom. The zero-order chi connectivity index (χ0) is 23.0. The molecule has 0 unspecified atom stereocenters. The van der Waals surface area contributed by atoms with Gasteiger partial charge in [0, 0.05) is 36.7 Å². The molecular weight excluding hydrogens is 410 g/mol. The summed E-state index contributed by atoms with van der Waals surface area (Å²) >= 11 is 0. The minimum atomic E-state index is -0.368. The van der Waals surface area contributed by atoms with Gasteiger partial charge in [-0.3, -0.25) is 4.79 Å². The highest BCUT2D eigenvalue weighted by atomic mass is 16.7. The van der Waals surface area contributed by atoms with Crippen molar-refractivity contribution in [3.8, 4) is 0 Å². The van der Waals surface area contributed by atoms with Crippen LogP contribution in [-0.2, 0) is 27.4 Å². The Bertz CT molecular complexity index is 988. The molecule has 0 N–H and O–H groups in total. The Kier molecular flexibility index (Phi) is 7.92. The average Bonchev–Trinajstić information content (AvgIpc) is 2.89. The Hall–Kier alpha value is -2.95. The molecule has 4 rings (SSSR count). The topological polar surface area (TPSA) is 38.8 Å². The molecule has 1 aliphatic heterocycles. The van der Waals surface area contributed by atoms with Crippen molar-refractivity contribution >= 4 is 11.5 Å². The number of nitrogens with zero attached hydrogens (tertiary/aromatic N) is 1. The first kappa shape index (κ1) is 23.2. The van der Waals surface area contributed by atoms with Gasteiger partial charge in [0.2, 0.25) is 0 Å². The van der Waals surface area contributed by atoms with E-state index in [4.69, 9.17) is 9.47 Å². The van der Waals surface area contributed by atoms with E-state index in [-0.39, 0.29) is 18.0 Å². The van der Waals surface area contributed by atoms with E-state index in [1.807, 2.05) is 26.0 Å². The molecule has 1 atom stereocenters. The Morgan fingerprint density at radius 2 is 1.48 bits per heavy atom. The summed E-state index contributed by atoms with van der Waals surface area (Å²) in [6, 6.07) is 27.3. The maximum Gasteiger partial charge on any atom is 0.183 e. The van der Waals surface area contributed by atoms with Gasteiger partial charge in [-0.1, -0.05) is 80.6 Å². The summed E-state index contributed by atoms with van der Waals surface area (Å²) in [5.74, 6) is 0.0286. The molecule has 1 heterocycles.